The smallest absolute Gasteiger partial charge is 0.333 e. The lowest BCUT2D eigenvalue weighted by atomic mass is 9.85. The highest BCUT2D eigenvalue weighted by Crippen LogP contribution is 2.34. The van der Waals surface area contributed by atoms with Gasteiger partial charge in [-0.1, -0.05) is 38.2 Å². The summed E-state index contributed by atoms with van der Waals surface area (Å²) in [5.41, 5.74) is 11.1. The summed E-state index contributed by atoms with van der Waals surface area (Å²) in [5, 5.41) is 0. The molecule has 1 aliphatic heterocycles. The zero-order chi connectivity index (χ0) is 23.1. The first kappa shape index (κ1) is 23.8. The van der Waals surface area contributed by atoms with Gasteiger partial charge in [0.1, 0.15) is 0 Å². The molecule has 0 fully saturated rings. The molecule has 6 heteroatoms. The van der Waals surface area contributed by atoms with Crippen LogP contribution in [0.4, 0.5) is 0 Å². The van der Waals surface area contributed by atoms with Crippen LogP contribution in [0.2, 0.25) is 0 Å². The average Bonchev–Trinajstić information content (AvgIpc) is 2.96. The number of amides is 1. The summed E-state index contributed by atoms with van der Waals surface area (Å²) in [7, 11) is 0. The van der Waals surface area contributed by atoms with Crippen LogP contribution in [0.1, 0.15) is 59.3 Å². The third-order valence-electron chi connectivity index (χ3n) is 5.96. The van der Waals surface area contributed by atoms with Gasteiger partial charge in [-0.2, -0.15) is 0 Å². The minimum Gasteiger partial charge on any atom is -0.463 e. The zero-order valence-electron chi connectivity index (χ0n) is 19.5. The van der Waals surface area contributed by atoms with Gasteiger partial charge in [-0.25, -0.2) is 4.79 Å². The number of fused-ring (bicyclic) bond motifs is 1. The van der Waals surface area contributed by atoms with Crippen LogP contribution >= 0.6 is 0 Å². The quantitative estimate of drug-likeness (QED) is 0.578. The minimum atomic E-state index is -0.230. The van der Waals surface area contributed by atoms with E-state index < -0.39 is 0 Å². The van der Waals surface area contributed by atoms with Crippen molar-refractivity contribution in [1.29, 1.82) is 0 Å². The number of hydrogen-bond donors (Lipinski definition) is 1. The largest absolute Gasteiger partial charge is 0.463 e. The van der Waals surface area contributed by atoms with Gasteiger partial charge in [0.15, 0.2) is 0 Å². The third kappa shape index (κ3) is 5.67. The normalized spacial score (nSPS) is 20.4. The summed E-state index contributed by atoms with van der Waals surface area (Å²) < 4.78 is 5.11. The van der Waals surface area contributed by atoms with Crippen molar-refractivity contribution in [3.8, 4) is 0 Å². The van der Waals surface area contributed by atoms with Gasteiger partial charge < -0.3 is 15.4 Å². The Morgan fingerprint density at radius 2 is 1.75 bits per heavy atom. The Morgan fingerprint density at radius 1 is 1.03 bits per heavy atom. The van der Waals surface area contributed by atoms with Crippen molar-refractivity contribution in [2.45, 2.75) is 65.3 Å². The molecule has 2 aliphatic carbocycles. The molecule has 0 aromatic rings. The number of allylic oxidation sites excluding steroid dienone is 5. The molecule has 2 N–H and O–H groups in total. The number of rotatable bonds is 8. The Labute approximate surface area is 191 Å². The number of nitrogens with zero attached hydrogens (tertiary/aromatic N) is 2. The maximum atomic E-state index is 13.1. The lowest BCUT2D eigenvalue weighted by molar-refractivity contribution is -0.138. The standard InChI is InChI=1S/C26H35N3O3/c1-4-13-29(14-5-2)25(30)22-15-21-12-11-20(16-23(21)28-24(27)17-22)18-7-9-19(10-8-18)26(31)32-6-3/h7,9,11-12,15,23H,4-6,8,10,13-14,16-17H2,1-3H3,(H2,27,28). The lowest BCUT2D eigenvalue weighted by Gasteiger charge is -2.24. The topological polar surface area (TPSA) is 85.0 Å². The van der Waals surface area contributed by atoms with Crippen molar-refractivity contribution < 1.29 is 14.3 Å². The maximum Gasteiger partial charge on any atom is 0.333 e. The van der Waals surface area contributed by atoms with Crippen LogP contribution in [-0.4, -0.2) is 48.4 Å². The van der Waals surface area contributed by atoms with Crippen molar-refractivity contribution in [2.75, 3.05) is 19.7 Å². The predicted octanol–water partition coefficient (Wildman–Crippen LogP) is 4.16. The lowest BCUT2D eigenvalue weighted by Crippen LogP contribution is -2.34. The number of amidine groups is 1. The van der Waals surface area contributed by atoms with E-state index in [0.717, 1.165) is 55.5 Å². The third-order valence-corrected chi connectivity index (χ3v) is 5.96. The Morgan fingerprint density at radius 3 is 2.38 bits per heavy atom. The molecule has 1 unspecified atom stereocenters. The Bertz CT molecular complexity index is 928. The second-order valence-corrected chi connectivity index (χ2v) is 8.44. The molecular weight excluding hydrogens is 402 g/mol. The van der Waals surface area contributed by atoms with Crippen LogP contribution in [0.25, 0.3) is 0 Å². The highest BCUT2D eigenvalue weighted by atomic mass is 16.5. The van der Waals surface area contributed by atoms with E-state index >= 15 is 0 Å². The van der Waals surface area contributed by atoms with Crippen LogP contribution in [0.3, 0.4) is 0 Å². The molecule has 0 aromatic heterocycles. The molecule has 3 aliphatic rings. The average molecular weight is 438 g/mol. The molecule has 1 heterocycles. The number of ether oxygens (including phenoxy) is 1. The predicted molar refractivity (Wildman–Crippen MR) is 128 cm³/mol. The van der Waals surface area contributed by atoms with Gasteiger partial charge in [0.05, 0.1) is 18.5 Å². The fourth-order valence-electron chi connectivity index (χ4n) is 4.39. The molecule has 32 heavy (non-hydrogen) atoms. The number of nitrogens with two attached hydrogens (primary N) is 1. The summed E-state index contributed by atoms with van der Waals surface area (Å²) in [6.07, 6.45) is 14.5. The van der Waals surface area contributed by atoms with E-state index in [4.69, 9.17) is 15.5 Å². The molecular formula is C26H35N3O3. The molecule has 1 atom stereocenters. The van der Waals surface area contributed by atoms with Crippen molar-refractivity contribution in [1.82, 2.24) is 4.90 Å². The number of hydrogen-bond acceptors (Lipinski definition) is 5. The number of carbonyl (C=O) groups is 2. The van der Waals surface area contributed by atoms with E-state index in [0.29, 0.717) is 25.3 Å². The van der Waals surface area contributed by atoms with Gasteiger partial charge in [-0.05, 0) is 61.8 Å². The van der Waals surface area contributed by atoms with Crippen LogP contribution < -0.4 is 5.73 Å². The molecule has 6 nitrogen and oxygen atoms in total. The van der Waals surface area contributed by atoms with E-state index in [-0.39, 0.29) is 17.9 Å². The fourth-order valence-corrected chi connectivity index (χ4v) is 4.39. The molecule has 0 radical (unpaired) electrons. The second-order valence-electron chi connectivity index (χ2n) is 8.44. The van der Waals surface area contributed by atoms with Gasteiger partial charge in [-0.3, -0.25) is 9.79 Å². The SMILES string of the molecule is CCCN(CCC)C(=O)C1=CC2=CC=C(C3=CC=C(C(=O)OCC)CC3)CC2N=C(N)C1. The molecule has 0 aromatic carbocycles. The maximum absolute atomic E-state index is 13.1. The van der Waals surface area contributed by atoms with E-state index in [2.05, 4.69) is 26.0 Å². The molecule has 0 bridgehead atoms. The highest BCUT2D eigenvalue weighted by molar-refractivity contribution is 6.00. The summed E-state index contributed by atoms with van der Waals surface area (Å²) in [6, 6.07) is -0.0811. The molecule has 1 amide bonds. The van der Waals surface area contributed by atoms with Gasteiger partial charge in [0.25, 0.3) is 0 Å². The Kier molecular flexibility index (Phi) is 8.26. The molecule has 172 valence electrons. The van der Waals surface area contributed by atoms with Crippen LogP contribution in [-0.2, 0) is 14.3 Å². The number of esters is 1. The van der Waals surface area contributed by atoms with E-state index in [1.807, 2.05) is 30.1 Å². The van der Waals surface area contributed by atoms with Crippen LogP contribution in [0, 0.1) is 0 Å². The second kappa shape index (κ2) is 11.1. The Balaban J connectivity index is 1.83. The number of aliphatic imine (C=N–C) groups is 1. The first-order chi connectivity index (χ1) is 15.5. The van der Waals surface area contributed by atoms with E-state index in [9.17, 15) is 9.59 Å². The van der Waals surface area contributed by atoms with E-state index in [1.165, 1.54) is 11.1 Å². The summed E-state index contributed by atoms with van der Waals surface area (Å²) in [6.45, 7) is 7.89. The Hall–Kier alpha value is -2.89. The van der Waals surface area contributed by atoms with Crippen molar-refractivity contribution in [3.63, 3.8) is 0 Å². The highest BCUT2D eigenvalue weighted by Gasteiger charge is 2.27. The first-order valence-corrected chi connectivity index (χ1v) is 11.8. The molecule has 0 saturated heterocycles. The van der Waals surface area contributed by atoms with Gasteiger partial charge in [0.2, 0.25) is 5.91 Å². The molecule has 3 rings (SSSR count). The van der Waals surface area contributed by atoms with Crippen molar-refractivity contribution in [2.24, 2.45) is 10.7 Å². The van der Waals surface area contributed by atoms with Crippen molar-refractivity contribution in [3.05, 3.63) is 58.2 Å². The first-order valence-electron chi connectivity index (χ1n) is 11.8. The fraction of sp³-hybridized carbons (Fsp3) is 0.500. The van der Waals surface area contributed by atoms with E-state index in [1.54, 1.807) is 0 Å². The molecule has 0 spiro atoms. The summed E-state index contributed by atoms with van der Waals surface area (Å²) in [5.74, 6) is 0.343. The van der Waals surface area contributed by atoms with Crippen LogP contribution in [0.15, 0.2) is 63.2 Å². The van der Waals surface area contributed by atoms with Gasteiger partial charge in [-0.15, -0.1) is 0 Å². The number of carbonyl (C=O) groups excluding carboxylic acids is 2. The summed E-state index contributed by atoms with van der Waals surface area (Å²) in [4.78, 5) is 31.8. The summed E-state index contributed by atoms with van der Waals surface area (Å²) >= 11 is 0. The van der Waals surface area contributed by atoms with Gasteiger partial charge >= 0.3 is 5.97 Å². The minimum absolute atomic E-state index is 0.0646. The van der Waals surface area contributed by atoms with Gasteiger partial charge in [0, 0.05) is 30.7 Å². The zero-order valence-corrected chi connectivity index (χ0v) is 19.5. The molecule has 0 saturated carbocycles. The monoisotopic (exact) mass is 437 g/mol. The van der Waals surface area contributed by atoms with Crippen LogP contribution in [0.5, 0.6) is 0 Å². The van der Waals surface area contributed by atoms with Crippen molar-refractivity contribution >= 4 is 17.7 Å².